The first kappa shape index (κ1) is 15.5. The highest BCUT2D eigenvalue weighted by Gasteiger charge is 2.24. The highest BCUT2D eigenvalue weighted by Crippen LogP contribution is 2.24. The van der Waals surface area contributed by atoms with Crippen LogP contribution in [0, 0.1) is 5.41 Å². The Morgan fingerprint density at radius 1 is 1.50 bits per heavy atom. The zero-order chi connectivity index (χ0) is 13.8. The van der Waals surface area contributed by atoms with Crippen molar-refractivity contribution in [3.05, 3.63) is 21.3 Å². The quantitative estimate of drug-likeness (QED) is 0.873. The number of rotatable bonds is 6. The lowest BCUT2D eigenvalue weighted by molar-refractivity contribution is 0.0694. The van der Waals surface area contributed by atoms with Crippen LogP contribution < -0.4 is 5.73 Å². The van der Waals surface area contributed by atoms with Gasteiger partial charge in [0.15, 0.2) is 0 Å². The van der Waals surface area contributed by atoms with Crippen molar-refractivity contribution in [1.29, 1.82) is 0 Å². The molecule has 2 N–H and O–H groups in total. The highest BCUT2D eigenvalue weighted by atomic mass is 35.5. The molecule has 3 nitrogen and oxygen atoms in total. The van der Waals surface area contributed by atoms with Crippen LogP contribution in [0.4, 0.5) is 0 Å². The van der Waals surface area contributed by atoms with Crippen molar-refractivity contribution < 1.29 is 4.79 Å². The molecule has 0 aliphatic heterocycles. The first-order chi connectivity index (χ1) is 8.39. The number of carbonyl (C=O) groups excluding carboxylic acids is 1. The molecule has 0 fully saturated rings. The summed E-state index contributed by atoms with van der Waals surface area (Å²) in [6, 6.07) is 3.55. The van der Waals surface area contributed by atoms with Gasteiger partial charge in [-0.3, -0.25) is 4.79 Å². The summed E-state index contributed by atoms with van der Waals surface area (Å²) in [6.07, 6.45) is 0.936. The van der Waals surface area contributed by atoms with E-state index in [9.17, 15) is 4.79 Å². The molecule has 0 bridgehead atoms. The molecular formula is C13H21ClN2OS. The van der Waals surface area contributed by atoms with Gasteiger partial charge >= 0.3 is 0 Å². The molecule has 1 amide bonds. The Kier molecular flexibility index (Phi) is 5.63. The van der Waals surface area contributed by atoms with Crippen LogP contribution in [-0.2, 0) is 0 Å². The summed E-state index contributed by atoms with van der Waals surface area (Å²) in [4.78, 5) is 14.9. The van der Waals surface area contributed by atoms with Gasteiger partial charge in [-0.2, -0.15) is 0 Å². The fraction of sp³-hybridized carbons (Fsp3) is 0.615. The van der Waals surface area contributed by atoms with Crippen molar-refractivity contribution in [1.82, 2.24) is 4.90 Å². The highest BCUT2D eigenvalue weighted by molar-refractivity contribution is 7.17. The lowest BCUT2D eigenvalue weighted by atomic mass is 9.93. The van der Waals surface area contributed by atoms with Gasteiger partial charge in [0.25, 0.3) is 5.91 Å². The number of carbonyl (C=O) groups is 1. The smallest absolute Gasteiger partial charge is 0.263 e. The van der Waals surface area contributed by atoms with Crippen LogP contribution in [0.5, 0.6) is 0 Å². The molecule has 1 aromatic heterocycles. The third-order valence-corrected chi connectivity index (χ3v) is 3.96. The van der Waals surface area contributed by atoms with Crippen molar-refractivity contribution in [3.8, 4) is 0 Å². The summed E-state index contributed by atoms with van der Waals surface area (Å²) < 4.78 is 0.646. The largest absolute Gasteiger partial charge is 0.337 e. The minimum atomic E-state index is -0.0636. The first-order valence-electron chi connectivity index (χ1n) is 6.14. The SMILES string of the molecule is CCCN(CC(C)(C)CN)C(=O)c1ccc(Cl)s1. The van der Waals surface area contributed by atoms with E-state index < -0.39 is 0 Å². The molecule has 5 heteroatoms. The monoisotopic (exact) mass is 288 g/mol. The van der Waals surface area contributed by atoms with Crippen LogP contribution in [-0.4, -0.2) is 30.4 Å². The second kappa shape index (κ2) is 6.55. The number of nitrogens with zero attached hydrogens (tertiary/aromatic N) is 1. The van der Waals surface area contributed by atoms with Gasteiger partial charge in [-0.15, -0.1) is 11.3 Å². The third-order valence-electron chi connectivity index (χ3n) is 2.74. The van der Waals surface area contributed by atoms with Crippen LogP contribution in [0.2, 0.25) is 4.34 Å². The Morgan fingerprint density at radius 3 is 2.61 bits per heavy atom. The van der Waals surface area contributed by atoms with Crippen LogP contribution in [0.1, 0.15) is 36.9 Å². The molecule has 0 aromatic carbocycles. The van der Waals surface area contributed by atoms with E-state index in [2.05, 4.69) is 20.8 Å². The molecule has 0 aliphatic rings. The molecule has 102 valence electrons. The summed E-state index contributed by atoms with van der Waals surface area (Å²) in [5, 5.41) is 0. The molecule has 1 rings (SSSR count). The molecule has 0 unspecified atom stereocenters. The maximum atomic E-state index is 12.4. The summed E-state index contributed by atoms with van der Waals surface area (Å²) in [7, 11) is 0. The summed E-state index contributed by atoms with van der Waals surface area (Å²) in [5.41, 5.74) is 5.67. The average Bonchev–Trinajstić information content (AvgIpc) is 2.74. The first-order valence-corrected chi connectivity index (χ1v) is 7.34. The molecule has 18 heavy (non-hydrogen) atoms. The number of hydrogen-bond acceptors (Lipinski definition) is 3. The minimum Gasteiger partial charge on any atom is -0.337 e. The van der Waals surface area contributed by atoms with E-state index in [1.165, 1.54) is 11.3 Å². The predicted molar refractivity (Wildman–Crippen MR) is 78.4 cm³/mol. The second-order valence-electron chi connectivity index (χ2n) is 5.20. The standard InChI is InChI=1S/C13H21ClN2OS/c1-4-7-16(9-13(2,3)8-15)12(17)10-5-6-11(14)18-10/h5-6H,4,7-9,15H2,1-3H3. The number of nitrogens with two attached hydrogens (primary N) is 1. The van der Waals surface area contributed by atoms with Crippen LogP contribution in [0.15, 0.2) is 12.1 Å². The maximum Gasteiger partial charge on any atom is 0.263 e. The molecular weight excluding hydrogens is 268 g/mol. The number of hydrogen-bond donors (Lipinski definition) is 1. The molecule has 0 saturated heterocycles. The van der Waals surface area contributed by atoms with E-state index in [0.29, 0.717) is 22.3 Å². The van der Waals surface area contributed by atoms with Gasteiger partial charge in [-0.25, -0.2) is 0 Å². The van der Waals surface area contributed by atoms with Crippen LogP contribution in [0.25, 0.3) is 0 Å². The molecule has 1 heterocycles. The molecule has 0 spiro atoms. The van der Waals surface area contributed by atoms with Gasteiger partial charge in [0.05, 0.1) is 9.21 Å². The molecule has 1 aromatic rings. The Balaban J connectivity index is 2.81. The predicted octanol–water partition coefficient (Wildman–Crippen LogP) is 3.24. The van der Waals surface area contributed by atoms with Crippen molar-refractivity contribution in [2.24, 2.45) is 11.1 Å². The second-order valence-corrected chi connectivity index (χ2v) is 6.91. The molecule has 0 radical (unpaired) electrons. The van der Waals surface area contributed by atoms with E-state index in [0.717, 1.165) is 13.0 Å². The fourth-order valence-corrected chi connectivity index (χ4v) is 2.70. The van der Waals surface area contributed by atoms with Gasteiger partial charge < -0.3 is 10.6 Å². The Bertz CT molecular complexity index is 403. The van der Waals surface area contributed by atoms with Crippen LogP contribution in [0.3, 0.4) is 0 Å². The van der Waals surface area contributed by atoms with Crippen LogP contribution >= 0.6 is 22.9 Å². The Labute approximate surface area is 118 Å². The summed E-state index contributed by atoms with van der Waals surface area (Å²) in [5.74, 6) is 0.0512. The lowest BCUT2D eigenvalue weighted by Gasteiger charge is -2.31. The number of amides is 1. The fourth-order valence-electron chi connectivity index (χ4n) is 1.69. The Hall–Kier alpha value is -0.580. The number of thiophene rings is 1. The van der Waals surface area contributed by atoms with Crippen molar-refractivity contribution in [2.75, 3.05) is 19.6 Å². The van der Waals surface area contributed by atoms with Crippen molar-refractivity contribution >= 4 is 28.8 Å². The summed E-state index contributed by atoms with van der Waals surface area (Å²) in [6.45, 7) is 8.20. The molecule has 0 saturated carbocycles. The van der Waals surface area contributed by atoms with E-state index in [-0.39, 0.29) is 11.3 Å². The molecule has 0 atom stereocenters. The van der Waals surface area contributed by atoms with E-state index in [1.807, 2.05) is 4.90 Å². The Morgan fingerprint density at radius 2 is 2.17 bits per heavy atom. The maximum absolute atomic E-state index is 12.4. The van der Waals surface area contributed by atoms with Gasteiger partial charge in [0.2, 0.25) is 0 Å². The third kappa shape index (κ3) is 4.26. The van der Waals surface area contributed by atoms with Crippen molar-refractivity contribution in [3.63, 3.8) is 0 Å². The van der Waals surface area contributed by atoms with Gasteiger partial charge in [-0.1, -0.05) is 32.4 Å². The van der Waals surface area contributed by atoms with E-state index in [1.54, 1.807) is 12.1 Å². The van der Waals surface area contributed by atoms with E-state index >= 15 is 0 Å². The average molecular weight is 289 g/mol. The van der Waals surface area contributed by atoms with Crippen molar-refractivity contribution in [2.45, 2.75) is 27.2 Å². The summed E-state index contributed by atoms with van der Waals surface area (Å²) >= 11 is 7.20. The van der Waals surface area contributed by atoms with E-state index in [4.69, 9.17) is 17.3 Å². The molecule has 0 aliphatic carbocycles. The topological polar surface area (TPSA) is 46.3 Å². The van der Waals surface area contributed by atoms with Gasteiger partial charge in [-0.05, 0) is 30.5 Å². The zero-order valence-corrected chi connectivity index (χ0v) is 12.8. The lowest BCUT2D eigenvalue weighted by Crippen LogP contribution is -2.42. The minimum absolute atomic E-state index is 0.0512. The normalized spacial score (nSPS) is 11.6. The zero-order valence-electron chi connectivity index (χ0n) is 11.2. The van der Waals surface area contributed by atoms with Gasteiger partial charge in [0, 0.05) is 13.1 Å². The van der Waals surface area contributed by atoms with Gasteiger partial charge in [0.1, 0.15) is 0 Å². The number of halogens is 1.